The lowest BCUT2D eigenvalue weighted by Gasteiger charge is -1.95. The monoisotopic (exact) mass is 227 g/mol. The van der Waals surface area contributed by atoms with Crippen LogP contribution in [-0.2, 0) is 0 Å². The third-order valence-electron chi connectivity index (χ3n) is 1.62. The maximum Gasteiger partial charge on any atom is 0.0604 e. The summed E-state index contributed by atoms with van der Waals surface area (Å²) in [6.07, 6.45) is 0. The third-order valence-corrected chi connectivity index (χ3v) is 2.35. The van der Waals surface area contributed by atoms with E-state index in [1.807, 2.05) is 13.0 Å². The molecule has 0 aliphatic rings. The van der Waals surface area contributed by atoms with Crippen molar-refractivity contribution in [2.75, 3.05) is 13.1 Å². The number of benzene rings is 1. The third kappa shape index (κ3) is 3.59. The van der Waals surface area contributed by atoms with E-state index in [0.717, 1.165) is 12.1 Å². The van der Waals surface area contributed by atoms with Crippen molar-refractivity contribution in [1.82, 2.24) is 5.32 Å². The summed E-state index contributed by atoms with van der Waals surface area (Å²) < 4.78 is 0. The Balaban J connectivity index is 2.66. The molecule has 0 aliphatic heterocycles. The largest absolute Gasteiger partial charge is 0.306 e. The summed E-state index contributed by atoms with van der Waals surface area (Å²) in [6, 6.07) is 5.37. The lowest BCUT2D eigenvalue weighted by atomic mass is 10.2. The Morgan fingerprint density at radius 2 is 2.07 bits per heavy atom. The molecule has 0 aromatic heterocycles. The first-order chi connectivity index (χ1) is 6.74. The molecule has 1 nitrogen and oxygen atoms in total. The lowest BCUT2D eigenvalue weighted by molar-refractivity contribution is 0.811. The molecule has 1 aromatic carbocycles. The van der Waals surface area contributed by atoms with Crippen LogP contribution in [0.25, 0.3) is 0 Å². The van der Waals surface area contributed by atoms with E-state index >= 15 is 0 Å². The van der Waals surface area contributed by atoms with Crippen molar-refractivity contribution in [3.05, 3.63) is 33.8 Å². The van der Waals surface area contributed by atoms with E-state index < -0.39 is 0 Å². The Morgan fingerprint density at radius 3 is 2.71 bits per heavy atom. The summed E-state index contributed by atoms with van der Waals surface area (Å²) in [6.45, 7) is 3.66. The zero-order chi connectivity index (χ0) is 10.4. The Hall–Kier alpha value is -0.680. The molecule has 0 heterocycles. The van der Waals surface area contributed by atoms with Crippen LogP contribution in [0.5, 0.6) is 0 Å². The second-order valence-electron chi connectivity index (χ2n) is 2.71. The van der Waals surface area contributed by atoms with Gasteiger partial charge in [0.2, 0.25) is 0 Å². The minimum absolute atomic E-state index is 0.543. The van der Waals surface area contributed by atoms with Gasteiger partial charge in [0.25, 0.3) is 0 Å². The first-order valence-electron chi connectivity index (χ1n) is 4.38. The highest BCUT2D eigenvalue weighted by Gasteiger charge is 1.95. The van der Waals surface area contributed by atoms with Gasteiger partial charge in [-0.2, -0.15) is 0 Å². The van der Waals surface area contributed by atoms with E-state index in [2.05, 4.69) is 17.2 Å². The molecule has 0 unspecified atom stereocenters. The van der Waals surface area contributed by atoms with E-state index in [1.165, 1.54) is 0 Å². The molecule has 0 spiro atoms. The van der Waals surface area contributed by atoms with Crippen molar-refractivity contribution in [1.29, 1.82) is 0 Å². The SMILES string of the molecule is CCNCC#Cc1ccc(Cl)c(Cl)c1. The van der Waals surface area contributed by atoms with Gasteiger partial charge in [-0.1, -0.05) is 42.0 Å². The van der Waals surface area contributed by atoms with Gasteiger partial charge in [-0.05, 0) is 24.7 Å². The second kappa shape index (κ2) is 5.93. The fraction of sp³-hybridized carbons (Fsp3) is 0.273. The van der Waals surface area contributed by atoms with Gasteiger partial charge in [0.05, 0.1) is 16.6 Å². The van der Waals surface area contributed by atoms with Crippen LogP contribution >= 0.6 is 23.2 Å². The van der Waals surface area contributed by atoms with Crippen LogP contribution in [0, 0.1) is 11.8 Å². The van der Waals surface area contributed by atoms with Crippen molar-refractivity contribution in [2.45, 2.75) is 6.92 Å². The van der Waals surface area contributed by atoms with E-state index in [1.54, 1.807) is 12.1 Å². The molecule has 1 aromatic rings. The summed E-state index contributed by atoms with van der Waals surface area (Å²) in [7, 11) is 0. The number of rotatable bonds is 2. The molecule has 0 saturated heterocycles. The van der Waals surface area contributed by atoms with Crippen LogP contribution in [0.15, 0.2) is 18.2 Å². The molecule has 0 bridgehead atoms. The molecule has 0 amide bonds. The molecule has 0 saturated carbocycles. The van der Waals surface area contributed by atoms with Crippen LogP contribution in [0.1, 0.15) is 12.5 Å². The lowest BCUT2D eigenvalue weighted by Crippen LogP contribution is -2.11. The van der Waals surface area contributed by atoms with Gasteiger partial charge >= 0.3 is 0 Å². The predicted molar refractivity (Wildman–Crippen MR) is 61.9 cm³/mol. The van der Waals surface area contributed by atoms with Gasteiger partial charge < -0.3 is 5.32 Å². The van der Waals surface area contributed by atoms with Crippen molar-refractivity contribution in [3.8, 4) is 11.8 Å². The van der Waals surface area contributed by atoms with E-state index in [4.69, 9.17) is 23.2 Å². The minimum Gasteiger partial charge on any atom is -0.306 e. The fourth-order valence-electron chi connectivity index (χ4n) is 0.908. The van der Waals surface area contributed by atoms with Crippen molar-refractivity contribution < 1.29 is 0 Å². The molecular formula is C11H11Cl2N. The molecule has 3 heteroatoms. The standard InChI is InChI=1S/C11H11Cl2N/c1-2-14-7-3-4-9-5-6-10(12)11(13)8-9/h5-6,8,14H,2,7H2,1H3. The molecule has 0 fully saturated rings. The molecule has 0 atom stereocenters. The van der Waals surface area contributed by atoms with E-state index in [0.29, 0.717) is 16.6 Å². The maximum absolute atomic E-state index is 5.84. The first kappa shape index (κ1) is 11.4. The summed E-state index contributed by atoms with van der Waals surface area (Å²) in [5, 5.41) is 4.21. The van der Waals surface area contributed by atoms with Gasteiger partial charge in [-0.3, -0.25) is 0 Å². The Kier molecular flexibility index (Phi) is 4.82. The van der Waals surface area contributed by atoms with Gasteiger partial charge in [-0.15, -0.1) is 0 Å². The summed E-state index contributed by atoms with van der Waals surface area (Å²) in [4.78, 5) is 0. The van der Waals surface area contributed by atoms with E-state index in [9.17, 15) is 0 Å². The topological polar surface area (TPSA) is 12.0 Å². The van der Waals surface area contributed by atoms with E-state index in [-0.39, 0.29) is 0 Å². The number of halogens is 2. The highest BCUT2D eigenvalue weighted by Crippen LogP contribution is 2.21. The Bertz CT molecular complexity index is 363. The molecule has 74 valence electrons. The Morgan fingerprint density at radius 1 is 1.29 bits per heavy atom. The van der Waals surface area contributed by atoms with Crippen molar-refractivity contribution in [2.24, 2.45) is 0 Å². The molecule has 0 aliphatic carbocycles. The second-order valence-corrected chi connectivity index (χ2v) is 3.53. The van der Waals surface area contributed by atoms with Crippen LogP contribution < -0.4 is 5.32 Å². The van der Waals surface area contributed by atoms with Crippen LogP contribution in [0.2, 0.25) is 10.0 Å². The van der Waals surface area contributed by atoms with Crippen molar-refractivity contribution >= 4 is 23.2 Å². The summed E-state index contributed by atoms with van der Waals surface area (Å²) in [5.41, 5.74) is 0.886. The van der Waals surface area contributed by atoms with Gasteiger partial charge in [0.15, 0.2) is 0 Å². The fourth-order valence-corrected chi connectivity index (χ4v) is 1.21. The molecular weight excluding hydrogens is 217 g/mol. The summed E-state index contributed by atoms with van der Waals surface area (Å²) >= 11 is 11.6. The molecule has 0 radical (unpaired) electrons. The minimum atomic E-state index is 0.543. The number of nitrogens with one attached hydrogen (secondary N) is 1. The Labute approximate surface area is 94.4 Å². The normalized spacial score (nSPS) is 9.36. The predicted octanol–water partition coefficient (Wildman–Crippen LogP) is 2.95. The number of hydrogen-bond acceptors (Lipinski definition) is 1. The van der Waals surface area contributed by atoms with Gasteiger partial charge in [0, 0.05) is 5.56 Å². The molecule has 1 rings (SSSR count). The zero-order valence-electron chi connectivity index (χ0n) is 7.90. The quantitative estimate of drug-likeness (QED) is 0.606. The maximum atomic E-state index is 5.84. The zero-order valence-corrected chi connectivity index (χ0v) is 9.41. The smallest absolute Gasteiger partial charge is 0.0604 e. The number of hydrogen-bond donors (Lipinski definition) is 1. The average molecular weight is 228 g/mol. The van der Waals surface area contributed by atoms with Crippen LogP contribution in [0.3, 0.4) is 0 Å². The molecule has 1 N–H and O–H groups in total. The highest BCUT2D eigenvalue weighted by atomic mass is 35.5. The van der Waals surface area contributed by atoms with Crippen molar-refractivity contribution in [3.63, 3.8) is 0 Å². The first-order valence-corrected chi connectivity index (χ1v) is 5.14. The van der Waals surface area contributed by atoms with Crippen LogP contribution in [-0.4, -0.2) is 13.1 Å². The summed E-state index contributed by atoms with van der Waals surface area (Å²) in [5.74, 6) is 5.98. The highest BCUT2D eigenvalue weighted by molar-refractivity contribution is 6.42. The van der Waals surface area contributed by atoms with Crippen LogP contribution in [0.4, 0.5) is 0 Å². The van der Waals surface area contributed by atoms with Gasteiger partial charge in [-0.25, -0.2) is 0 Å². The average Bonchev–Trinajstić information content (AvgIpc) is 2.18. The van der Waals surface area contributed by atoms with Gasteiger partial charge in [0.1, 0.15) is 0 Å². The molecule has 14 heavy (non-hydrogen) atoms.